The van der Waals surface area contributed by atoms with Gasteiger partial charge >= 0.3 is 0 Å². The van der Waals surface area contributed by atoms with Crippen molar-refractivity contribution in [3.63, 3.8) is 0 Å². The number of hydrogen-bond acceptors (Lipinski definition) is 2. The van der Waals surface area contributed by atoms with Gasteiger partial charge in [0.2, 0.25) is 0 Å². The molecule has 17 heavy (non-hydrogen) atoms. The zero-order valence-corrected chi connectivity index (χ0v) is 10.2. The highest BCUT2D eigenvalue weighted by Crippen LogP contribution is 2.32. The first kappa shape index (κ1) is 13.2. The quantitative estimate of drug-likeness (QED) is 0.800. The van der Waals surface area contributed by atoms with Crippen LogP contribution in [0.15, 0.2) is 42.5 Å². The summed E-state index contributed by atoms with van der Waals surface area (Å²) < 4.78 is 2.14. The van der Waals surface area contributed by atoms with Crippen LogP contribution in [0.4, 0.5) is 0 Å². The normalized spacial score (nSPS) is 22.4. The summed E-state index contributed by atoms with van der Waals surface area (Å²) in [5, 5.41) is 6.89. The third-order valence-electron chi connectivity index (χ3n) is 2.66. The van der Waals surface area contributed by atoms with E-state index in [0.717, 1.165) is 13.0 Å². The number of allylic oxidation sites excluding steroid dienone is 4. The molecule has 0 spiro atoms. The van der Waals surface area contributed by atoms with Crippen molar-refractivity contribution in [1.82, 2.24) is 9.55 Å². The van der Waals surface area contributed by atoms with Crippen LogP contribution in [0.3, 0.4) is 0 Å². The molecule has 4 heteroatoms. The van der Waals surface area contributed by atoms with Gasteiger partial charge < -0.3 is 9.67 Å². The average molecular weight is 234 g/mol. The zero-order valence-electron chi connectivity index (χ0n) is 10.2. The van der Waals surface area contributed by atoms with Crippen molar-refractivity contribution in [3.8, 4) is 0 Å². The molecule has 0 saturated heterocycles. The van der Waals surface area contributed by atoms with Crippen LogP contribution in [-0.4, -0.2) is 21.1 Å². The van der Waals surface area contributed by atoms with Crippen LogP contribution in [0.1, 0.15) is 20.3 Å². The van der Waals surface area contributed by atoms with Crippen LogP contribution >= 0.6 is 0 Å². The minimum absolute atomic E-state index is 0.250. The molecule has 1 heterocycles. The van der Waals surface area contributed by atoms with Crippen molar-refractivity contribution >= 4 is 6.47 Å². The van der Waals surface area contributed by atoms with E-state index in [-0.39, 0.29) is 11.9 Å². The Kier molecular flexibility index (Phi) is 4.69. The lowest BCUT2D eigenvalue weighted by molar-refractivity contribution is -0.122. The monoisotopic (exact) mass is 234 g/mol. The molecule has 1 aromatic rings. The Labute approximate surface area is 101 Å². The largest absolute Gasteiger partial charge is 0.483 e. The number of hydrogen-bond donors (Lipinski definition) is 1. The highest BCUT2D eigenvalue weighted by atomic mass is 16.3. The molecule has 0 saturated carbocycles. The van der Waals surface area contributed by atoms with Crippen LogP contribution < -0.4 is 0 Å². The van der Waals surface area contributed by atoms with Crippen molar-refractivity contribution in [2.75, 3.05) is 0 Å². The van der Waals surface area contributed by atoms with Gasteiger partial charge in [0.25, 0.3) is 6.47 Å². The summed E-state index contributed by atoms with van der Waals surface area (Å²) in [6.07, 6.45) is 13.5. The van der Waals surface area contributed by atoms with E-state index in [4.69, 9.17) is 9.90 Å². The maximum atomic E-state index is 8.36. The summed E-state index contributed by atoms with van der Waals surface area (Å²) in [6.45, 7) is 5.24. The highest BCUT2D eigenvalue weighted by molar-refractivity contribution is 5.32. The fourth-order valence-corrected chi connectivity index (χ4v) is 2.11. The molecule has 92 valence electrons. The van der Waals surface area contributed by atoms with Crippen molar-refractivity contribution in [1.29, 1.82) is 0 Å². The fourth-order valence-electron chi connectivity index (χ4n) is 2.11. The molecule has 4 nitrogen and oxygen atoms in total. The van der Waals surface area contributed by atoms with Gasteiger partial charge in [-0.3, -0.25) is 4.79 Å². The highest BCUT2D eigenvalue weighted by Gasteiger charge is 2.23. The first-order valence-electron chi connectivity index (χ1n) is 5.48. The molecular formula is C13H18N2O2. The van der Waals surface area contributed by atoms with Crippen LogP contribution in [-0.2, 0) is 11.3 Å². The Morgan fingerprint density at radius 3 is 2.88 bits per heavy atom. The summed E-state index contributed by atoms with van der Waals surface area (Å²) in [6, 6.07) is 0. The zero-order chi connectivity index (χ0) is 12.7. The summed E-state index contributed by atoms with van der Waals surface area (Å²) in [7, 11) is 0. The van der Waals surface area contributed by atoms with E-state index in [9.17, 15) is 0 Å². The van der Waals surface area contributed by atoms with Crippen molar-refractivity contribution in [2.24, 2.45) is 5.41 Å². The van der Waals surface area contributed by atoms with Gasteiger partial charge in [-0.2, -0.15) is 0 Å². The minimum Gasteiger partial charge on any atom is -0.483 e. The van der Waals surface area contributed by atoms with Crippen LogP contribution in [0.5, 0.6) is 0 Å². The Morgan fingerprint density at radius 2 is 2.35 bits per heavy atom. The van der Waals surface area contributed by atoms with Crippen LogP contribution in [0.25, 0.3) is 0 Å². The smallest absolute Gasteiger partial charge is 0.290 e. The van der Waals surface area contributed by atoms with Gasteiger partial charge in [0.1, 0.15) is 0 Å². The molecular weight excluding hydrogens is 216 g/mol. The molecule has 1 aromatic heterocycles. The second-order valence-corrected chi connectivity index (χ2v) is 4.54. The van der Waals surface area contributed by atoms with E-state index in [1.54, 1.807) is 0 Å². The molecule has 0 aliphatic heterocycles. The van der Waals surface area contributed by atoms with Gasteiger partial charge in [0.15, 0.2) is 0 Å². The Balaban J connectivity index is 0.000000437. The summed E-state index contributed by atoms with van der Waals surface area (Å²) in [5.41, 5.74) is 1.70. The minimum atomic E-state index is -0.250. The number of imidazole rings is 1. The number of aromatic nitrogens is 2. The lowest BCUT2D eigenvalue weighted by Crippen LogP contribution is -2.22. The predicted octanol–water partition coefficient (Wildman–Crippen LogP) is 2.50. The SMILES string of the molecule is CC1=CC=CC(C)(Cn2ccnc2)C1.O=CO. The van der Waals surface area contributed by atoms with E-state index < -0.39 is 0 Å². The van der Waals surface area contributed by atoms with E-state index in [1.165, 1.54) is 5.57 Å². The number of rotatable bonds is 2. The second-order valence-electron chi connectivity index (χ2n) is 4.54. The Morgan fingerprint density at radius 1 is 1.65 bits per heavy atom. The molecule has 0 bridgehead atoms. The maximum Gasteiger partial charge on any atom is 0.290 e. The predicted molar refractivity (Wildman–Crippen MR) is 66.5 cm³/mol. The number of carbonyl (C=O) groups is 1. The van der Waals surface area contributed by atoms with Crippen molar-refractivity contribution in [2.45, 2.75) is 26.8 Å². The van der Waals surface area contributed by atoms with Gasteiger partial charge in [0, 0.05) is 24.4 Å². The van der Waals surface area contributed by atoms with Crippen molar-refractivity contribution < 1.29 is 9.90 Å². The lowest BCUT2D eigenvalue weighted by Gasteiger charge is -2.29. The number of nitrogens with zero attached hydrogens (tertiary/aromatic N) is 2. The topological polar surface area (TPSA) is 55.1 Å². The summed E-state index contributed by atoms with van der Waals surface area (Å²) in [4.78, 5) is 12.4. The molecule has 0 radical (unpaired) electrons. The molecule has 0 aromatic carbocycles. The Hall–Kier alpha value is -1.84. The number of carboxylic acid groups (broad SMARTS) is 1. The first-order chi connectivity index (χ1) is 8.09. The van der Waals surface area contributed by atoms with Gasteiger partial charge in [-0.1, -0.05) is 30.7 Å². The van der Waals surface area contributed by atoms with E-state index in [2.05, 4.69) is 41.6 Å². The molecule has 1 atom stereocenters. The third-order valence-corrected chi connectivity index (χ3v) is 2.66. The van der Waals surface area contributed by atoms with E-state index in [0.29, 0.717) is 0 Å². The third kappa shape index (κ3) is 4.26. The average Bonchev–Trinajstić information content (AvgIpc) is 2.70. The molecule has 0 amide bonds. The maximum absolute atomic E-state index is 8.36. The van der Waals surface area contributed by atoms with Crippen molar-refractivity contribution in [3.05, 3.63) is 42.5 Å². The first-order valence-corrected chi connectivity index (χ1v) is 5.48. The molecule has 0 fully saturated rings. The van der Waals surface area contributed by atoms with Gasteiger partial charge in [-0.15, -0.1) is 0 Å². The standard InChI is InChI=1S/C12H16N2.CH2O2/c1-11-4-3-5-12(2,8-11)9-14-7-6-13-10-14;2-1-3/h3-7,10H,8-9H2,1-2H3;1H,(H,2,3). The molecule has 1 aliphatic carbocycles. The van der Waals surface area contributed by atoms with Gasteiger partial charge in [0.05, 0.1) is 6.33 Å². The molecule has 1 aliphatic rings. The molecule has 1 N–H and O–H groups in total. The fraction of sp³-hybridized carbons (Fsp3) is 0.385. The molecule has 1 unspecified atom stereocenters. The second kappa shape index (κ2) is 6.03. The summed E-state index contributed by atoms with van der Waals surface area (Å²) in [5.74, 6) is 0. The van der Waals surface area contributed by atoms with Crippen LogP contribution in [0.2, 0.25) is 0 Å². The molecule has 2 rings (SSSR count). The lowest BCUT2D eigenvalue weighted by atomic mass is 9.80. The van der Waals surface area contributed by atoms with Gasteiger partial charge in [-0.25, -0.2) is 4.98 Å². The van der Waals surface area contributed by atoms with E-state index in [1.807, 2.05) is 18.7 Å². The van der Waals surface area contributed by atoms with Gasteiger partial charge in [-0.05, 0) is 13.3 Å². The van der Waals surface area contributed by atoms with E-state index >= 15 is 0 Å². The summed E-state index contributed by atoms with van der Waals surface area (Å²) >= 11 is 0. The Bertz CT molecular complexity index is 407. The van der Waals surface area contributed by atoms with Crippen LogP contribution in [0, 0.1) is 5.41 Å².